The van der Waals surface area contributed by atoms with Crippen LogP contribution in [0.1, 0.15) is 5.56 Å². The second-order valence-corrected chi connectivity index (χ2v) is 6.88. The largest absolute Gasteiger partial charge is 0.477 e. The Balaban J connectivity index is 1.69. The summed E-state index contributed by atoms with van der Waals surface area (Å²) in [7, 11) is 0. The molecule has 3 rings (SSSR count). The molecular formula is C16H15ClN2O4S. The summed E-state index contributed by atoms with van der Waals surface area (Å²) in [6.07, 6.45) is 0.177. The summed E-state index contributed by atoms with van der Waals surface area (Å²) < 4.78 is 0. The molecule has 0 spiro atoms. The van der Waals surface area contributed by atoms with Crippen LogP contribution in [0.15, 0.2) is 41.6 Å². The number of nitrogens with one attached hydrogen (secondary N) is 1. The number of halogens is 1. The van der Waals surface area contributed by atoms with Crippen LogP contribution in [0.25, 0.3) is 0 Å². The van der Waals surface area contributed by atoms with Gasteiger partial charge in [0.25, 0.3) is 5.91 Å². The van der Waals surface area contributed by atoms with E-state index in [4.69, 9.17) is 11.6 Å². The number of carboxylic acid groups (broad SMARTS) is 1. The van der Waals surface area contributed by atoms with E-state index in [0.29, 0.717) is 11.3 Å². The molecular weight excluding hydrogens is 352 g/mol. The van der Waals surface area contributed by atoms with E-state index in [1.807, 2.05) is 30.3 Å². The molecule has 6 nitrogen and oxygen atoms in total. The van der Waals surface area contributed by atoms with Crippen LogP contribution in [0.5, 0.6) is 0 Å². The van der Waals surface area contributed by atoms with Gasteiger partial charge in [-0.05, 0) is 11.1 Å². The van der Waals surface area contributed by atoms with Crippen molar-refractivity contribution >= 4 is 41.1 Å². The third kappa shape index (κ3) is 3.01. The minimum Gasteiger partial charge on any atom is -0.477 e. The summed E-state index contributed by atoms with van der Waals surface area (Å²) in [5.74, 6) is -1.34. The van der Waals surface area contributed by atoms with E-state index in [9.17, 15) is 19.5 Å². The molecule has 1 aromatic rings. The summed E-state index contributed by atoms with van der Waals surface area (Å²) in [5.41, 5.74) is 1.32. The molecule has 1 fully saturated rings. The molecule has 1 aromatic carbocycles. The van der Waals surface area contributed by atoms with Crippen LogP contribution in [-0.2, 0) is 20.8 Å². The first-order valence-corrected chi connectivity index (χ1v) is 8.90. The first kappa shape index (κ1) is 16.9. The van der Waals surface area contributed by atoms with E-state index in [2.05, 4.69) is 5.32 Å². The number of hydrogen-bond acceptors (Lipinski definition) is 4. The number of carboxylic acids is 1. The minimum absolute atomic E-state index is 0.0488. The molecule has 2 amide bonds. The number of thioether (sulfide) groups is 1. The van der Waals surface area contributed by atoms with Gasteiger partial charge in [0, 0.05) is 11.6 Å². The lowest BCUT2D eigenvalue weighted by Gasteiger charge is -2.49. The number of carbonyl (C=O) groups is 3. The van der Waals surface area contributed by atoms with E-state index < -0.39 is 23.3 Å². The number of fused-ring (bicyclic) bond motifs is 1. The van der Waals surface area contributed by atoms with Crippen LogP contribution in [0.2, 0.25) is 0 Å². The Labute approximate surface area is 147 Å². The van der Waals surface area contributed by atoms with Gasteiger partial charge in [0.1, 0.15) is 17.1 Å². The van der Waals surface area contributed by atoms with Gasteiger partial charge in [-0.25, -0.2) is 4.79 Å². The van der Waals surface area contributed by atoms with Crippen LogP contribution >= 0.6 is 23.4 Å². The van der Waals surface area contributed by atoms with Crippen molar-refractivity contribution in [2.75, 3.05) is 11.6 Å². The van der Waals surface area contributed by atoms with E-state index in [1.54, 1.807) is 0 Å². The Morgan fingerprint density at radius 1 is 1.33 bits per heavy atom. The van der Waals surface area contributed by atoms with E-state index in [1.165, 1.54) is 16.7 Å². The molecule has 0 radical (unpaired) electrons. The summed E-state index contributed by atoms with van der Waals surface area (Å²) in [5, 5.41) is 11.6. The third-order valence-electron chi connectivity index (χ3n) is 3.94. The Hall–Kier alpha value is -1.99. The van der Waals surface area contributed by atoms with Gasteiger partial charge >= 0.3 is 5.97 Å². The van der Waals surface area contributed by atoms with Crippen molar-refractivity contribution in [1.82, 2.24) is 10.2 Å². The maximum Gasteiger partial charge on any atom is 0.352 e. The highest BCUT2D eigenvalue weighted by atomic mass is 35.5. The van der Waals surface area contributed by atoms with Gasteiger partial charge in [-0.15, -0.1) is 23.4 Å². The Bertz CT molecular complexity index is 722. The number of alkyl halides is 1. The molecule has 2 N–H and O–H groups in total. The first-order chi connectivity index (χ1) is 11.5. The molecule has 1 saturated heterocycles. The average molecular weight is 367 g/mol. The summed E-state index contributed by atoms with van der Waals surface area (Å²) in [6.45, 7) is 0. The van der Waals surface area contributed by atoms with Crippen molar-refractivity contribution in [3.8, 4) is 0 Å². The van der Waals surface area contributed by atoms with Crippen molar-refractivity contribution in [1.29, 1.82) is 0 Å². The van der Waals surface area contributed by atoms with Crippen LogP contribution in [0, 0.1) is 0 Å². The fourth-order valence-corrected chi connectivity index (χ4v) is 4.47. The fraction of sp³-hybridized carbons (Fsp3) is 0.312. The van der Waals surface area contributed by atoms with Crippen molar-refractivity contribution in [2.24, 2.45) is 0 Å². The molecule has 0 aromatic heterocycles. The smallest absolute Gasteiger partial charge is 0.352 e. The topological polar surface area (TPSA) is 86.7 Å². The van der Waals surface area contributed by atoms with Crippen LogP contribution in [-0.4, -0.2) is 50.8 Å². The zero-order chi connectivity index (χ0) is 17.3. The summed E-state index contributed by atoms with van der Waals surface area (Å²) in [4.78, 5) is 37.1. The molecule has 2 heterocycles. The highest BCUT2D eigenvalue weighted by Gasteiger charge is 2.53. The van der Waals surface area contributed by atoms with Gasteiger partial charge in [-0.3, -0.25) is 14.5 Å². The van der Waals surface area contributed by atoms with Gasteiger partial charge in [0.15, 0.2) is 0 Å². The molecule has 24 heavy (non-hydrogen) atoms. The number of carbonyl (C=O) groups excluding carboxylic acids is 2. The zero-order valence-electron chi connectivity index (χ0n) is 12.6. The molecule has 8 heteroatoms. The normalized spacial score (nSPS) is 22.7. The molecule has 2 atom stereocenters. The molecule has 0 bridgehead atoms. The predicted octanol–water partition coefficient (Wildman–Crippen LogP) is 1.21. The van der Waals surface area contributed by atoms with Gasteiger partial charge in [-0.2, -0.15) is 0 Å². The molecule has 2 aliphatic rings. The lowest BCUT2D eigenvalue weighted by molar-refractivity contribution is -0.150. The van der Waals surface area contributed by atoms with Gasteiger partial charge < -0.3 is 10.4 Å². The van der Waals surface area contributed by atoms with Crippen LogP contribution in [0.3, 0.4) is 0 Å². The minimum atomic E-state index is -1.17. The van der Waals surface area contributed by atoms with E-state index >= 15 is 0 Å². The zero-order valence-corrected chi connectivity index (χ0v) is 14.1. The number of aliphatic carboxylic acids is 1. The lowest BCUT2D eigenvalue weighted by Crippen LogP contribution is -2.70. The van der Waals surface area contributed by atoms with Crippen LogP contribution < -0.4 is 5.32 Å². The highest BCUT2D eigenvalue weighted by Crippen LogP contribution is 2.40. The number of nitrogens with zero attached hydrogens (tertiary/aromatic N) is 1. The van der Waals surface area contributed by atoms with Gasteiger partial charge in [0.05, 0.1) is 6.42 Å². The standard InChI is InChI=1S/C16H15ClN2O4S/c17-7-10-8-24-15-12(14(21)19(15)13(10)16(22)23)18-11(20)6-9-4-2-1-3-5-9/h1-5,12,15H,6-8H2,(H,18,20)(H,22,23)/t12-,15-/m0/s1. The number of amides is 2. The monoisotopic (exact) mass is 366 g/mol. The number of rotatable bonds is 5. The van der Waals surface area contributed by atoms with Crippen molar-refractivity contribution in [3.63, 3.8) is 0 Å². The molecule has 0 saturated carbocycles. The number of hydrogen-bond donors (Lipinski definition) is 2. The lowest BCUT2D eigenvalue weighted by atomic mass is 10.0. The summed E-state index contributed by atoms with van der Waals surface area (Å²) in [6, 6.07) is 8.52. The maximum absolute atomic E-state index is 12.3. The Morgan fingerprint density at radius 2 is 2.04 bits per heavy atom. The summed E-state index contributed by atoms with van der Waals surface area (Å²) >= 11 is 7.18. The first-order valence-electron chi connectivity index (χ1n) is 7.32. The average Bonchev–Trinajstić information content (AvgIpc) is 2.58. The second kappa shape index (κ2) is 6.86. The maximum atomic E-state index is 12.3. The highest BCUT2D eigenvalue weighted by molar-refractivity contribution is 8.00. The van der Waals surface area contributed by atoms with E-state index in [-0.39, 0.29) is 23.9 Å². The Kier molecular flexibility index (Phi) is 4.82. The number of benzene rings is 1. The molecule has 0 unspecified atom stereocenters. The van der Waals surface area contributed by atoms with Crippen molar-refractivity contribution < 1.29 is 19.5 Å². The number of β-lactam (4-membered cyclic amide) rings is 1. The van der Waals surface area contributed by atoms with Gasteiger partial charge in [0.2, 0.25) is 5.91 Å². The van der Waals surface area contributed by atoms with Crippen molar-refractivity contribution in [2.45, 2.75) is 17.8 Å². The Morgan fingerprint density at radius 3 is 2.67 bits per heavy atom. The fourth-order valence-electron chi connectivity index (χ4n) is 2.79. The SMILES string of the molecule is O=C(Cc1ccccc1)N[C@H]1C(=O)N2C(C(=O)O)=C(CCl)CS[C@@H]12. The van der Waals surface area contributed by atoms with Crippen molar-refractivity contribution in [3.05, 3.63) is 47.2 Å². The van der Waals surface area contributed by atoms with E-state index in [0.717, 1.165) is 5.56 Å². The second-order valence-electron chi connectivity index (χ2n) is 5.51. The van der Waals surface area contributed by atoms with Crippen LogP contribution in [0.4, 0.5) is 0 Å². The third-order valence-corrected chi connectivity index (χ3v) is 5.60. The molecule has 2 aliphatic heterocycles. The quantitative estimate of drug-likeness (QED) is 0.604. The predicted molar refractivity (Wildman–Crippen MR) is 90.6 cm³/mol. The molecule has 0 aliphatic carbocycles. The van der Waals surface area contributed by atoms with Gasteiger partial charge in [-0.1, -0.05) is 30.3 Å². The molecule has 126 valence electrons.